The van der Waals surface area contributed by atoms with Crippen LogP contribution in [-0.4, -0.2) is 45.0 Å². The fourth-order valence-corrected chi connectivity index (χ4v) is 2.76. The Kier molecular flexibility index (Phi) is 5.21. The molecule has 0 saturated carbocycles. The van der Waals surface area contributed by atoms with Gasteiger partial charge in [-0.25, -0.2) is 18.1 Å². The normalized spacial score (nSPS) is 13.8. The van der Waals surface area contributed by atoms with Crippen LogP contribution < -0.4 is 10.5 Å². The molecule has 0 saturated heterocycles. The van der Waals surface area contributed by atoms with Gasteiger partial charge in [-0.05, 0) is 32.6 Å². The highest BCUT2D eigenvalue weighted by Gasteiger charge is 2.18. The van der Waals surface area contributed by atoms with E-state index in [0.717, 1.165) is 5.56 Å². The minimum atomic E-state index is -3.56. The molecule has 1 aromatic rings. The molecule has 0 bridgehead atoms. The van der Waals surface area contributed by atoms with Crippen LogP contribution in [0.1, 0.15) is 12.5 Å². The molecular weight excluding hydrogens is 252 g/mol. The summed E-state index contributed by atoms with van der Waals surface area (Å²) in [7, 11) is 0.217. The average Bonchev–Trinajstić information content (AvgIpc) is 2.27. The standard InChI is InChI=1S/C11H20N4O2S/c1-9(8-15(2)3)14-18(16,17)11-5-4-10(6-12)7-13-11/h4-5,7,9,14H,6,8,12H2,1-3H3. The van der Waals surface area contributed by atoms with E-state index in [4.69, 9.17) is 5.73 Å². The van der Waals surface area contributed by atoms with Crippen molar-refractivity contribution in [3.05, 3.63) is 23.9 Å². The van der Waals surface area contributed by atoms with Gasteiger partial charge >= 0.3 is 0 Å². The summed E-state index contributed by atoms with van der Waals surface area (Å²) in [5.74, 6) is 0. The molecule has 0 radical (unpaired) electrons. The number of rotatable bonds is 6. The summed E-state index contributed by atoms with van der Waals surface area (Å²) in [5, 5.41) is 0.0188. The minimum absolute atomic E-state index is 0.0188. The topological polar surface area (TPSA) is 88.3 Å². The smallest absolute Gasteiger partial charge is 0.258 e. The molecule has 0 aliphatic carbocycles. The van der Waals surface area contributed by atoms with Gasteiger partial charge < -0.3 is 10.6 Å². The van der Waals surface area contributed by atoms with Crippen molar-refractivity contribution in [3.8, 4) is 0 Å². The van der Waals surface area contributed by atoms with E-state index in [1.165, 1.54) is 12.3 Å². The Labute approximate surface area is 108 Å². The predicted octanol–water partition coefficient (Wildman–Crippen LogP) is -0.231. The molecule has 1 atom stereocenters. The Bertz CT molecular complexity index is 470. The van der Waals surface area contributed by atoms with Gasteiger partial charge in [-0.15, -0.1) is 0 Å². The van der Waals surface area contributed by atoms with Crippen LogP contribution in [0.4, 0.5) is 0 Å². The fourth-order valence-electron chi connectivity index (χ4n) is 1.60. The first-order valence-corrected chi connectivity index (χ1v) is 7.15. The van der Waals surface area contributed by atoms with E-state index < -0.39 is 10.0 Å². The fraction of sp³-hybridized carbons (Fsp3) is 0.545. The summed E-state index contributed by atoms with van der Waals surface area (Å²) in [5.41, 5.74) is 6.24. The van der Waals surface area contributed by atoms with Gasteiger partial charge in [0.05, 0.1) is 0 Å². The Balaban J connectivity index is 2.79. The minimum Gasteiger partial charge on any atom is -0.326 e. The molecule has 0 aliphatic heterocycles. The average molecular weight is 272 g/mol. The molecule has 7 heteroatoms. The van der Waals surface area contributed by atoms with Crippen molar-refractivity contribution < 1.29 is 8.42 Å². The van der Waals surface area contributed by atoms with Crippen molar-refractivity contribution in [1.82, 2.24) is 14.6 Å². The summed E-state index contributed by atoms with van der Waals surface area (Å²) in [6.07, 6.45) is 1.48. The van der Waals surface area contributed by atoms with Crippen molar-refractivity contribution in [2.24, 2.45) is 5.73 Å². The van der Waals surface area contributed by atoms with Crippen molar-refractivity contribution >= 4 is 10.0 Å². The molecule has 1 rings (SSSR count). The van der Waals surface area contributed by atoms with Gasteiger partial charge in [0, 0.05) is 25.3 Å². The second-order valence-corrected chi connectivity index (χ2v) is 6.15. The number of nitrogens with zero attached hydrogens (tertiary/aromatic N) is 2. The first-order valence-electron chi connectivity index (χ1n) is 5.67. The molecular formula is C11H20N4O2S. The molecule has 0 aromatic carbocycles. The Hall–Kier alpha value is -1.02. The SMILES string of the molecule is CC(CN(C)C)NS(=O)(=O)c1ccc(CN)cn1. The Morgan fingerprint density at radius 3 is 2.56 bits per heavy atom. The lowest BCUT2D eigenvalue weighted by Crippen LogP contribution is -2.39. The van der Waals surface area contributed by atoms with E-state index in [1.54, 1.807) is 6.07 Å². The van der Waals surface area contributed by atoms with E-state index in [-0.39, 0.29) is 11.1 Å². The van der Waals surface area contributed by atoms with Crippen LogP contribution in [0.3, 0.4) is 0 Å². The monoisotopic (exact) mass is 272 g/mol. The highest BCUT2D eigenvalue weighted by molar-refractivity contribution is 7.89. The number of hydrogen-bond acceptors (Lipinski definition) is 5. The van der Waals surface area contributed by atoms with Crippen LogP contribution >= 0.6 is 0 Å². The molecule has 6 nitrogen and oxygen atoms in total. The van der Waals surface area contributed by atoms with Gasteiger partial charge in [0.1, 0.15) is 0 Å². The van der Waals surface area contributed by atoms with Crippen LogP contribution in [0.25, 0.3) is 0 Å². The molecule has 102 valence electrons. The van der Waals surface area contributed by atoms with Crippen LogP contribution in [0, 0.1) is 0 Å². The second-order valence-electron chi connectivity index (χ2n) is 4.49. The third kappa shape index (κ3) is 4.34. The zero-order valence-corrected chi connectivity index (χ0v) is 11.7. The first kappa shape index (κ1) is 15.0. The van der Waals surface area contributed by atoms with E-state index >= 15 is 0 Å². The highest BCUT2D eigenvalue weighted by atomic mass is 32.2. The molecule has 1 heterocycles. The van der Waals surface area contributed by atoms with E-state index in [2.05, 4.69) is 9.71 Å². The molecule has 0 aliphatic rings. The largest absolute Gasteiger partial charge is 0.326 e. The number of hydrogen-bond donors (Lipinski definition) is 2. The maximum atomic E-state index is 12.0. The first-order chi connectivity index (χ1) is 8.35. The van der Waals surface area contributed by atoms with E-state index in [9.17, 15) is 8.42 Å². The third-order valence-corrected chi connectivity index (χ3v) is 3.81. The summed E-state index contributed by atoms with van der Waals surface area (Å²) >= 11 is 0. The molecule has 3 N–H and O–H groups in total. The van der Waals surface area contributed by atoms with Crippen molar-refractivity contribution in [2.75, 3.05) is 20.6 Å². The van der Waals surface area contributed by atoms with Crippen LogP contribution in [-0.2, 0) is 16.6 Å². The maximum Gasteiger partial charge on any atom is 0.258 e. The molecule has 0 spiro atoms. The Morgan fingerprint density at radius 1 is 1.44 bits per heavy atom. The van der Waals surface area contributed by atoms with Gasteiger partial charge in [0.15, 0.2) is 5.03 Å². The van der Waals surface area contributed by atoms with Crippen LogP contribution in [0.15, 0.2) is 23.4 Å². The van der Waals surface area contributed by atoms with Gasteiger partial charge in [-0.1, -0.05) is 6.07 Å². The quantitative estimate of drug-likeness (QED) is 0.747. The highest BCUT2D eigenvalue weighted by Crippen LogP contribution is 2.07. The number of nitrogens with one attached hydrogen (secondary N) is 1. The van der Waals surface area contributed by atoms with Crippen molar-refractivity contribution in [1.29, 1.82) is 0 Å². The zero-order valence-electron chi connectivity index (χ0n) is 10.9. The van der Waals surface area contributed by atoms with Gasteiger partial charge in [0.25, 0.3) is 10.0 Å². The number of pyridine rings is 1. The number of likely N-dealkylation sites (N-methyl/N-ethyl adjacent to an activating group) is 1. The van der Waals surface area contributed by atoms with Gasteiger partial charge in [-0.2, -0.15) is 0 Å². The summed E-state index contributed by atoms with van der Waals surface area (Å²) in [6, 6.07) is 2.95. The van der Waals surface area contributed by atoms with Crippen molar-refractivity contribution in [2.45, 2.75) is 24.5 Å². The number of sulfonamides is 1. The maximum absolute atomic E-state index is 12.0. The summed E-state index contributed by atoms with van der Waals surface area (Å²) in [4.78, 5) is 5.82. The van der Waals surface area contributed by atoms with Gasteiger partial charge in [-0.3, -0.25) is 0 Å². The molecule has 0 amide bonds. The number of aromatic nitrogens is 1. The van der Waals surface area contributed by atoms with E-state index in [1.807, 2.05) is 25.9 Å². The van der Waals surface area contributed by atoms with Crippen LogP contribution in [0.2, 0.25) is 0 Å². The Morgan fingerprint density at radius 2 is 2.11 bits per heavy atom. The molecule has 18 heavy (non-hydrogen) atoms. The lowest BCUT2D eigenvalue weighted by atomic mass is 10.3. The number of nitrogens with two attached hydrogens (primary N) is 1. The van der Waals surface area contributed by atoms with Crippen LogP contribution in [0.5, 0.6) is 0 Å². The van der Waals surface area contributed by atoms with E-state index in [0.29, 0.717) is 13.1 Å². The molecule has 0 fully saturated rings. The zero-order chi connectivity index (χ0) is 13.8. The lowest BCUT2D eigenvalue weighted by molar-refractivity contribution is 0.370. The predicted molar refractivity (Wildman–Crippen MR) is 70.5 cm³/mol. The molecule has 1 aromatic heterocycles. The third-order valence-electron chi connectivity index (χ3n) is 2.30. The molecule has 1 unspecified atom stereocenters. The summed E-state index contributed by atoms with van der Waals surface area (Å²) < 4.78 is 26.6. The lowest BCUT2D eigenvalue weighted by Gasteiger charge is -2.18. The van der Waals surface area contributed by atoms with Crippen molar-refractivity contribution in [3.63, 3.8) is 0 Å². The summed E-state index contributed by atoms with van der Waals surface area (Å²) in [6.45, 7) is 2.78. The second kappa shape index (κ2) is 6.24. The van der Waals surface area contributed by atoms with Gasteiger partial charge in [0.2, 0.25) is 0 Å².